The molecule has 0 amide bonds. The summed E-state index contributed by atoms with van der Waals surface area (Å²) in [5, 5.41) is 0. The predicted octanol–water partition coefficient (Wildman–Crippen LogP) is 5.28. The van der Waals surface area contributed by atoms with E-state index in [2.05, 4.69) is 29.0 Å². The van der Waals surface area contributed by atoms with E-state index in [1.807, 2.05) is 63.2 Å². The van der Waals surface area contributed by atoms with Gasteiger partial charge >= 0.3 is 0 Å². The van der Waals surface area contributed by atoms with Crippen LogP contribution in [0.15, 0.2) is 83.8 Å². The van der Waals surface area contributed by atoms with E-state index >= 15 is 0 Å². The molecule has 0 saturated carbocycles. The predicted molar refractivity (Wildman–Crippen MR) is 121 cm³/mol. The highest BCUT2D eigenvalue weighted by Crippen LogP contribution is 2.29. The fourth-order valence-electron chi connectivity index (χ4n) is 3.40. The Labute approximate surface area is 180 Å². The number of hydrogen-bond acceptors (Lipinski definition) is 3. The molecule has 0 aliphatic heterocycles. The molecular formula is C25H29NO3S. The van der Waals surface area contributed by atoms with E-state index in [1.165, 1.54) is 0 Å². The molecule has 30 heavy (non-hydrogen) atoms. The molecule has 158 valence electrons. The van der Waals surface area contributed by atoms with Crippen LogP contribution in [0.4, 0.5) is 0 Å². The molecule has 0 fully saturated rings. The molecule has 3 aromatic rings. The van der Waals surface area contributed by atoms with E-state index < -0.39 is 10.0 Å². The van der Waals surface area contributed by atoms with Crippen molar-refractivity contribution >= 4 is 10.0 Å². The number of aryl methyl sites for hydroxylation is 1. The topological polar surface area (TPSA) is 55.4 Å². The highest BCUT2D eigenvalue weighted by molar-refractivity contribution is 7.89. The first-order valence-electron chi connectivity index (χ1n) is 10.2. The summed E-state index contributed by atoms with van der Waals surface area (Å²) in [6.45, 7) is 6.29. The van der Waals surface area contributed by atoms with Gasteiger partial charge in [0.15, 0.2) is 0 Å². The summed E-state index contributed by atoms with van der Waals surface area (Å²) in [7, 11) is -3.53. The first kappa shape index (κ1) is 22.1. The van der Waals surface area contributed by atoms with E-state index in [-0.39, 0.29) is 12.0 Å². The van der Waals surface area contributed by atoms with Crippen molar-refractivity contribution in [1.29, 1.82) is 0 Å². The number of hydrogen-bond donors (Lipinski definition) is 1. The van der Waals surface area contributed by atoms with Gasteiger partial charge in [0.1, 0.15) is 5.75 Å². The van der Waals surface area contributed by atoms with Crippen LogP contribution < -0.4 is 9.46 Å². The van der Waals surface area contributed by atoms with Crippen LogP contribution in [0.1, 0.15) is 42.9 Å². The van der Waals surface area contributed by atoms with Crippen molar-refractivity contribution in [1.82, 2.24) is 4.72 Å². The van der Waals surface area contributed by atoms with Gasteiger partial charge in [-0.15, -0.1) is 0 Å². The molecular weight excluding hydrogens is 394 g/mol. The molecule has 3 aromatic carbocycles. The van der Waals surface area contributed by atoms with Crippen molar-refractivity contribution in [2.24, 2.45) is 0 Å². The zero-order valence-corrected chi connectivity index (χ0v) is 18.5. The van der Waals surface area contributed by atoms with E-state index in [0.29, 0.717) is 17.9 Å². The monoisotopic (exact) mass is 423 g/mol. The SMILES string of the molecule is Cc1ccc(S(=O)(=O)NCC[C@H](c2ccccc2)c2ccc(OC(C)C)cc2)cc1. The highest BCUT2D eigenvalue weighted by Gasteiger charge is 2.18. The standard InChI is InChI=1S/C25H29NO3S/c1-19(2)29-23-13-11-22(12-14-23)25(21-7-5-4-6-8-21)17-18-26-30(27,28)24-15-9-20(3)10-16-24/h4-16,19,25-26H,17-18H2,1-3H3/t25-/m1/s1. The molecule has 0 spiro atoms. The minimum Gasteiger partial charge on any atom is -0.491 e. The van der Waals surface area contributed by atoms with Crippen LogP contribution in [0.25, 0.3) is 0 Å². The summed E-state index contributed by atoms with van der Waals surface area (Å²) in [6.07, 6.45) is 0.774. The van der Waals surface area contributed by atoms with Crippen LogP contribution >= 0.6 is 0 Å². The summed E-state index contributed by atoms with van der Waals surface area (Å²) in [6, 6.07) is 25.1. The van der Waals surface area contributed by atoms with Crippen molar-refractivity contribution in [3.63, 3.8) is 0 Å². The normalized spacial score (nSPS) is 12.7. The Bertz CT molecular complexity index is 1030. The van der Waals surface area contributed by atoms with Crippen molar-refractivity contribution < 1.29 is 13.2 Å². The molecule has 0 saturated heterocycles. The molecule has 0 aliphatic rings. The first-order chi connectivity index (χ1) is 14.3. The Morgan fingerprint density at radius 2 is 1.43 bits per heavy atom. The van der Waals surface area contributed by atoms with Crippen LogP contribution in [-0.2, 0) is 10.0 Å². The van der Waals surface area contributed by atoms with E-state index in [4.69, 9.17) is 4.74 Å². The average Bonchev–Trinajstić information content (AvgIpc) is 2.72. The molecule has 0 aliphatic carbocycles. The number of sulfonamides is 1. The van der Waals surface area contributed by atoms with Crippen molar-refractivity contribution in [2.45, 2.75) is 44.1 Å². The van der Waals surface area contributed by atoms with Crippen molar-refractivity contribution in [2.75, 3.05) is 6.54 Å². The van der Waals surface area contributed by atoms with Gasteiger partial charge in [-0.05, 0) is 62.6 Å². The molecule has 0 bridgehead atoms. The molecule has 0 unspecified atom stereocenters. The summed E-state index contributed by atoms with van der Waals surface area (Å²) >= 11 is 0. The van der Waals surface area contributed by atoms with Gasteiger partial charge in [0.25, 0.3) is 0 Å². The van der Waals surface area contributed by atoms with Gasteiger partial charge in [-0.25, -0.2) is 13.1 Å². The van der Waals surface area contributed by atoms with Crippen LogP contribution in [0, 0.1) is 6.92 Å². The maximum Gasteiger partial charge on any atom is 0.240 e. The van der Waals surface area contributed by atoms with E-state index in [0.717, 1.165) is 22.4 Å². The Kier molecular flexibility index (Phi) is 7.29. The van der Waals surface area contributed by atoms with Crippen LogP contribution in [0.5, 0.6) is 5.75 Å². The second kappa shape index (κ2) is 9.92. The Hall–Kier alpha value is -2.63. The number of ether oxygens (including phenoxy) is 1. The van der Waals surface area contributed by atoms with Crippen molar-refractivity contribution in [3.8, 4) is 5.75 Å². The average molecular weight is 424 g/mol. The van der Waals surface area contributed by atoms with Gasteiger partial charge in [-0.2, -0.15) is 0 Å². The highest BCUT2D eigenvalue weighted by atomic mass is 32.2. The summed E-state index contributed by atoms with van der Waals surface area (Å²) in [5.74, 6) is 0.917. The Balaban J connectivity index is 1.74. The molecule has 4 nitrogen and oxygen atoms in total. The van der Waals surface area contributed by atoms with Crippen LogP contribution in [-0.4, -0.2) is 21.1 Å². The molecule has 5 heteroatoms. The molecule has 3 rings (SSSR count). The first-order valence-corrected chi connectivity index (χ1v) is 11.7. The van der Waals surface area contributed by atoms with Crippen LogP contribution in [0.2, 0.25) is 0 Å². The number of benzene rings is 3. The number of nitrogens with one attached hydrogen (secondary N) is 1. The zero-order valence-electron chi connectivity index (χ0n) is 17.7. The molecule has 1 N–H and O–H groups in total. The summed E-state index contributed by atoms with van der Waals surface area (Å²) < 4.78 is 33.7. The molecule has 0 heterocycles. The fraction of sp³-hybridized carbons (Fsp3) is 0.280. The third kappa shape index (κ3) is 5.94. The second-order valence-corrected chi connectivity index (χ2v) is 9.47. The lowest BCUT2D eigenvalue weighted by atomic mass is 9.88. The van der Waals surface area contributed by atoms with Gasteiger partial charge in [-0.1, -0.05) is 60.2 Å². The lowest BCUT2D eigenvalue weighted by molar-refractivity contribution is 0.242. The van der Waals surface area contributed by atoms with Gasteiger partial charge in [0.05, 0.1) is 11.0 Å². The van der Waals surface area contributed by atoms with Gasteiger partial charge in [0, 0.05) is 12.5 Å². The maximum absolute atomic E-state index is 12.6. The van der Waals surface area contributed by atoms with E-state index in [1.54, 1.807) is 12.1 Å². The Morgan fingerprint density at radius 1 is 0.833 bits per heavy atom. The third-order valence-corrected chi connectivity index (χ3v) is 6.39. The molecule has 0 radical (unpaired) electrons. The lowest BCUT2D eigenvalue weighted by Gasteiger charge is -2.19. The van der Waals surface area contributed by atoms with Gasteiger partial charge in [0.2, 0.25) is 10.0 Å². The largest absolute Gasteiger partial charge is 0.491 e. The zero-order chi connectivity index (χ0) is 21.6. The molecule has 0 aromatic heterocycles. The summed E-state index contributed by atoms with van der Waals surface area (Å²) in [5.41, 5.74) is 3.32. The van der Waals surface area contributed by atoms with Crippen molar-refractivity contribution in [3.05, 3.63) is 95.6 Å². The minimum atomic E-state index is -3.53. The molecule has 1 atom stereocenters. The smallest absolute Gasteiger partial charge is 0.240 e. The second-order valence-electron chi connectivity index (χ2n) is 7.70. The van der Waals surface area contributed by atoms with Crippen LogP contribution in [0.3, 0.4) is 0 Å². The van der Waals surface area contributed by atoms with Gasteiger partial charge < -0.3 is 4.74 Å². The maximum atomic E-state index is 12.6. The quantitative estimate of drug-likeness (QED) is 0.509. The van der Waals surface area contributed by atoms with E-state index in [9.17, 15) is 8.42 Å². The van der Waals surface area contributed by atoms with Gasteiger partial charge in [-0.3, -0.25) is 0 Å². The third-order valence-electron chi connectivity index (χ3n) is 4.91. The summed E-state index contributed by atoms with van der Waals surface area (Å²) in [4.78, 5) is 0.291. The minimum absolute atomic E-state index is 0.0833. The lowest BCUT2D eigenvalue weighted by Crippen LogP contribution is -2.26. The number of rotatable bonds is 9. The fourth-order valence-corrected chi connectivity index (χ4v) is 4.45. The Morgan fingerprint density at radius 3 is 2.03 bits per heavy atom.